The van der Waals surface area contributed by atoms with Gasteiger partial charge in [0.15, 0.2) is 9.84 Å². The smallest absolute Gasteiger partial charge is 0.303 e. The van der Waals surface area contributed by atoms with E-state index in [1.54, 1.807) is 30.3 Å². The minimum absolute atomic E-state index is 0.0512. The number of nitrogens with one attached hydrogen (secondary N) is 1. The second kappa shape index (κ2) is 11.1. The van der Waals surface area contributed by atoms with E-state index < -0.39 is 21.2 Å². The van der Waals surface area contributed by atoms with Crippen molar-refractivity contribution in [2.45, 2.75) is 29.7 Å². The summed E-state index contributed by atoms with van der Waals surface area (Å²) in [4.78, 5) is 11.2. The molecule has 4 aromatic rings. The molecule has 0 saturated heterocycles. The van der Waals surface area contributed by atoms with Crippen LogP contribution in [0.3, 0.4) is 0 Å². The fourth-order valence-electron chi connectivity index (χ4n) is 3.99. The molecule has 0 heterocycles. The van der Waals surface area contributed by atoms with Crippen molar-refractivity contribution >= 4 is 15.8 Å². The number of carbonyl (C=O) groups is 1. The number of aliphatic carboxylic acids is 1. The van der Waals surface area contributed by atoms with Crippen molar-refractivity contribution in [3.8, 4) is 11.1 Å². The Labute approximate surface area is 206 Å². The van der Waals surface area contributed by atoms with E-state index in [9.17, 15) is 13.2 Å². The zero-order valence-corrected chi connectivity index (χ0v) is 20.0. The highest BCUT2D eigenvalue weighted by Crippen LogP contribution is 2.29. The largest absolute Gasteiger partial charge is 0.481 e. The molecule has 1 unspecified atom stereocenters. The van der Waals surface area contributed by atoms with Gasteiger partial charge in [-0.25, -0.2) is 8.42 Å². The minimum atomic E-state index is -3.72. The van der Waals surface area contributed by atoms with Crippen LogP contribution in [0.4, 0.5) is 0 Å². The first kappa shape index (κ1) is 24.4. The third-order valence-electron chi connectivity index (χ3n) is 5.81. The maximum atomic E-state index is 13.6. The van der Waals surface area contributed by atoms with Crippen LogP contribution in [0.15, 0.2) is 114 Å². The van der Waals surface area contributed by atoms with E-state index in [-0.39, 0.29) is 11.3 Å². The third-order valence-corrected chi connectivity index (χ3v) is 7.80. The van der Waals surface area contributed by atoms with Crippen LogP contribution in [0.1, 0.15) is 28.5 Å². The highest BCUT2D eigenvalue weighted by molar-refractivity contribution is 7.91. The lowest BCUT2D eigenvalue weighted by atomic mass is 10.0. The lowest BCUT2D eigenvalue weighted by Gasteiger charge is -2.21. The van der Waals surface area contributed by atoms with Crippen LogP contribution >= 0.6 is 0 Å². The second-order valence-corrected chi connectivity index (χ2v) is 10.4. The van der Waals surface area contributed by atoms with Gasteiger partial charge in [-0.1, -0.05) is 97.1 Å². The summed E-state index contributed by atoms with van der Waals surface area (Å²) in [5.41, 5.74) is 4.52. The van der Waals surface area contributed by atoms with Crippen molar-refractivity contribution in [3.05, 3.63) is 126 Å². The van der Waals surface area contributed by atoms with Gasteiger partial charge >= 0.3 is 5.97 Å². The lowest BCUT2D eigenvalue weighted by Crippen LogP contribution is -2.28. The number of benzene rings is 4. The van der Waals surface area contributed by atoms with Gasteiger partial charge in [0.25, 0.3) is 0 Å². The highest BCUT2D eigenvalue weighted by atomic mass is 32.2. The van der Waals surface area contributed by atoms with Crippen molar-refractivity contribution < 1.29 is 18.3 Å². The molecule has 0 fully saturated rings. The number of rotatable bonds is 10. The van der Waals surface area contributed by atoms with Crippen LogP contribution in [-0.2, 0) is 27.6 Å². The summed E-state index contributed by atoms with van der Waals surface area (Å²) in [5, 5.41) is 11.2. The molecule has 0 aliphatic heterocycles. The summed E-state index contributed by atoms with van der Waals surface area (Å²) in [6, 6.07) is 33.5. The fraction of sp³-hybridized carbons (Fsp3) is 0.138. The van der Waals surface area contributed by atoms with Gasteiger partial charge in [-0.2, -0.15) is 0 Å². The molecule has 6 heteroatoms. The number of carboxylic acids is 1. The number of carboxylic acid groups (broad SMARTS) is 1. The van der Waals surface area contributed by atoms with Crippen LogP contribution in [0.2, 0.25) is 0 Å². The van der Waals surface area contributed by atoms with E-state index in [0.717, 1.165) is 22.3 Å². The summed E-state index contributed by atoms with van der Waals surface area (Å²) in [6.45, 7) is 0.318. The highest BCUT2D eigenvalue weighted by Gasteiger charge is 2.28. The first-order chi connectivity index (χ1) is 16.9. The second-order valence-electron chi connectivity index (χ2n) is 8.32. The average molecular weight is 486 g/mol. The molecule has 0 spiro atoms. The molecule has 0 aromatic heterocycles. The summed E-state index contributed by atoms with van der Waals surface area (Å²) >= 11 is 0. The van der Waals surface area contributed by atoms with Gasteiger partial charge in [-0.15, -0.1) is 0 Å². The Hall–Kier alpha value is -3.74. The normalized spacial score (nSPS) is 12.2. The van der Waals surface area contributed by atoms with Gasteiger partial charge in [-0.05, 0) is 46.4 Å². The molecule has 0 aliphatic rings. The van der Waals surface area contributed by atoms with Gasteiger partial charge in [-0.3, -0.25) is 10.1 Å². The van der Waals surface area contributed by atoms with Crippen molar-refractivity contribution in [3.63, 3.8) is 0 Å². The quantitative estimate of drug-likeness (QED) is 0.304. The molecule has 1 atom stereocenters. The Morgan fingerprint density at radius 3 is 2.00 bits per heavy atom. The molecule has 0 radical (unpaired) electrons. The molecule has 4 rings (SSSR count). The molecule has 178 valence electrons. The molecule has 0 saturated carbocycles. The summed E-state index contributed by atoms with van der Waals surface area (Å²) in [6.07, 6.45) is 0.478. The van der Waals surface area contributed by atoms with Crippen LogP contribution < -0.4 is 5.32 Å². The number of hydrogen-bond donors (Lipinski definition) is 2. The Bertz CT molecular complexity index is 1370. The first-order valence-corrected chi connectivity index (χ1v) is 13.0. The van der Waals surface area contributed by atoms with E-state index >= 15 is 0 Å². The average Bonchev–Trinajstić information content (AvgIpc) is 2.89. The standard InChI is InChI=1S/C29H27NO4S/c31-28(32)19-14-22-8-7-9-23(20-22)21-30-29(35(33,34)27-12-5-2-6-13-27)26-17-15-25(16-18-26)24-10-3-1-4-11-24/h1-13,15-18,20,29-30H,14,19,21H2,(H,31,32). The van der Waals surface area contributed by atoms with Gasteiger partial charge in [0.05, 0.1) is 4.90 Å². The molecular weight excluding hydrogens is 458 g/mol. The number of sulfone groups is 1. The summed E-state index contributed by atoms with van der Waals surface area (Å²) in [7, 11) is -3.72. The van der Waals surface area contributed by atoms with E-state index in [1.165, 1.54) is 0 Å². The topological polar surface area (TPSA) is 83.5 Å². The van der Waals surface area contributed by atoms with Crippen molar-refractivity contribution in [1.29, 1.82) is 0 Å². The van der Waals surface area contributed by atoms with Crippen molar-refractivity contribution in [1.82, 2.24) is 5.32 Å². The maximum absolute atomic E-state index is 13.6. The molecule has 0 bridgehead atoms. The Balaban J connectivity index is 1.62. The molecule has 0 amide bonds. The fourth-order valence-corrected chi connectivity index (χ4v) is 5.62. The SMILES string of the molecule is O=C(O)CCc1cccc(CNC(c2ccc(-c3ccccc3)cc2)S(=O)(=O)c2ccccc2)c1. The molecular formula is C29H27NO4S. The zero-order chi connectivity index (χ0) is 24.7. The monoisotopic (exact) mass is 485 g/mol. The summed E-state index contributed by atoms with van der Waals surface area (Å²) in [5.74, 6) is -0.846. The first-order valence-electron chi connectivity index (χ1n) is 11.4. The molecule has 2 N–H and O–H groups in total. The Morgan fingerprint density at radius 1 is 0.743 bits per heavy atom. The predicted molar refractivity (Wildman–Crippen MR) is 137 cm³/mol. The third kappa shape index (κ3) is 6.23. The van der Waals surface area contributed by atoms with Crippen LogP contribution in [0, 0.1) is 0 Å². The van der Waals surface area contributed by atoms with Crippen LogP contribution in [0.25, 0.3) is 11.1 Å². The Kier molecular flexibility index (Phi) is 7.75. The molecule has 0 aliphatic carbocycles. The number of hydrogen-bond acceptors (Lipinski definition) is 4. The maximum Gasteiger partial charge on any atom is 0.303 e. The number of aryl methyl sites for hydroxylation is 1. The van der Waals surface area contributed by atoms with E-state index in [0.29, 0.717) is 18.5 Å². The Morgan fingerprint density at radius 2 is 1.34 bits per heavy atom. The summed E-state index contributed by atoms with van der Waals surface area (Å²) < 4.78 is 27.3. The molecule has 35 heavy (non-hydrogen) atoms. The van der Waals surface area contributed by atoms with Gasteiger partial charge in [0, 0.05) is 13.0 Å². The van der Waals surface area contributed by atoms with Gasteiger partial charge in [0.1, 0.15) is 5.37 Å². The van der Waals surface area contributed by atoms with Gasteiger partial charge < -0.3 is 5.11 Å². The van der Waals surface area contributed by atoms with E-state index in [4.69, 9.17) is 5.11 Å². The van der Waals surface area contributed by atoms with E-state index in [1.807, 2.05) is 78.9 Å². The van der Waals surface area contributed by atoms with Crippen molar-refractivity contribution in [2.24, 2.45) is 0 Å². The lowest BCUT2D eigenvalue weighted by molar-refractivity contribution is -0.136. The molecule has 4 aromatic carbocycles. The molecule has 5 nitrogen and oxygen atoms in total. The zero-order valence-electron chi connectivity index (χ0n) is 19.2. The minimum Gasteiger partial charge on any atom is -0.481 e. The van der Waals surface area contributed by atoms with Crippen LogP contribution in [0.5, 0.6) is 0 Å². The van der Waals surface area contributed by atoms with Crippen molar-refractivity contribution in [2.75, 3.05) is 0 Å². The van der Waals surface area contributed by atoms with E-state index in [2.05, 4.69) is 5.32 Å². The van der Waals surface area contributed by atoms with Gasteiger partial charge in [0.2, 0.25) is 0 Å². The van der Waals surface area contributed by atoms with Crippen LogP contribution in [-0.4, -0.2) is 19.5 Å². The predicted octanol–water partition coefficient (Wildman–Crippen LogP) is 5.63.